The van der Waals surface area contributed by atoms with E-state index >= 15 is 0 Å². The average molecular weight is 668 g/mol. The van der Waals surface area contributed by atoms with E-state index in [0.29, 0.717) is 18.2 Å². The van der Waals surface area contributed by atoms with E-state index < -0.39 is 0 Å². The van der Waals surface area contributed by atoms with Gasteiger partial charge in [-0.2, -0.15) is 0 Å². The van der Waals surface area contributed by atoms with E-state index in [-0.39, 0.29) is 5.79 Å². The maximum Gasteiger partial charge on any atom is 0.169 e. The molecule has 278 valence electrons. The topological polar surface area (TPSA) is 21.7 Å². The number of rotatable bonds is 32. The Kier molecular flexibility index (Phi) is 26.5. The zero-order valence-electron chi connectivity index (χ0n) is 32.6. The van der Waals surface area contributed by atoms with Crippen LogP contribution < -0.4 is 0 Å². The van der Waals surface area contributed by atoms with Crippen LogP contribution in [0.15, 0.2) is 48.6 Å². The normalized spacial score (nSPS) is 21.0. The molecule has 0 bridgehead atoms. The van der Waals surface area contributed by atoms with Crippen LogP contribution in [0.2, 0.25) is 0 Å². The van der Waals surface area contributed by atoms with Gasteiger partial charge in [-0.1, -0.05) is 146 Å². The van der Waals surface area contributed by atoms with Crippen molar-refractivity contribution in [2.45, 2.75) is 225 Å². The van der Waals surface area contributed by atoms with Crippen LogP contribution in [0, 0.1) is 0 Å². The minimum atomic E-state index is -0.310. The van der Waals surface area contributed by atoms with Gasteiger partial charge in [-0.25, -0.2) is 0 Å². The molecule has 1 heterocycles. The van der Waals surface area contributed by atoms with Crippen molar-refractivity contribution in [3.05, 3.63) is 48.6 Å². The Labute approximate surface area is 300 Å². The van der Waals surface area contributed by atoms with E-state index in [1.54, 1.807) is 0 Å². The highest BCUT2D eigenvalue weighted by Crippen LogP contribution is 2.44. The van der Waals surface area contributed by atoms with E-state index in [1.165, 1.54) is 141 Å². The summed E-state index contributed by atoms with van der Waals surface area (Å²) in [5.41, 5.74) is 0. The second kappa shape index (κ2) is 29.6. The first-order valence-electron chi connectivity index (χ1n) is 21.3. The van der Waals surface area contributed by atoms with E-state index in [0.717, 1.165) is 45.1 Å². The molecule has 0 aromatic heterocycles. The fraction of sp³-hybridized carbons (Fsp3) is 0.822. The Morgan fingerprint density at radius 1 is 0.479 bits per heavy atom. The second-order valence-electron chi connectivity index (χ2n) is 15.1. The molecule has 0 aromatic rings. The highest BCUT2D eigenvalue weighted by molar-refractivity contribution is 4.97. The zero-order chi connectivity index (χ0) is 34.4. The molecule has 1 unspecified atom stereocenters. The van der Waals surface area contributed by atoms with Crippen molar-refractivity contribution >= 4 is 0 Å². The van der Waals surface area contributed by atoms with Crippen LogP contribution in [0.25, 0.3) is 0 Å². The summed E-state index contributed by atoms with van der Waals surface area (Å²) in [7, 11) is 2.26. The first-order valence-corrected chi connectivity index (χ1v) is 21.3. The minimum Gasteiger partial charge on any atom is -0.344 e. The third-order valence-corrected chi connectivity index (χ3v) is 10.8. The first kappa shape index (κ1) is 43.0. The van der Waals surface area contributed by atoms with Gasteiger partial charge in [-0.3, -0.25) is 0 Å². The van der Waals surface area contributed by atoms with Gasteiger partial charge in [-0.05, 0) is 103 Å². The summed E-state index contributed by atoms with van der Waals surface area (Å²) in [4.78, 5) is 2.48. The van der Waals surface area contributed by atoms with Crippen LogP contribution in [0.5, 0.6) is 0 Å². The lowest BCUT2D eigenvalue weighted by atomic mass is 9.98. The molecule has 3 nitrogen and oxygen atoms in total. The maximum atomic E-state index is 6.87. The number of unbranched alkanes of at least 4 members (excludes halogenated alkanes) is 18. The fourth-order valence-electron chi connectivity index (χ4n) is 7.51. The van der Waals surface area contributed by atoms with E-state index in [9.17, 15) is 0 Å². The highest BCUT2D eigenvalue weighted by Gasteiger charge is 2.51. The molecule has 0 aromatic carbocycles. The van der Waals surface area contributed by atoms with Crippen molar-refractivity contribution in [3.8, 4) is 0 Å². The van der Waals surface area contributed by atoms with Crippen molar-refractivity contribution in [2.24, 2.45) is 0 Å². The predicted octanol–water partition coefficient (Wildman–Crippen LogP) is 14.0. The van der Waals surface area contributed by atoms with Crippen LogP contribution in [0.4, 0.5) is 0 Å². The Bertz CT molecular complexity index is 780. The summed E-state index contributed by atoms with van der Waals surface area (Å²) in [5.74, 6) is -0.310. The molecule has 1 aliphatic carbocycles. The standard InChI is InChI=1S/C45H81NO2/c1-5-8-10-12-14-16-18-20-22-24-26-28-30-32-34-36-38-45(47-43-40-42(46(4)7-3)41-44(43)48-45)39-37-35-33-31-29-27-25-23-21-19-17-15-13-11-9-6-2/h14-17,20-23,42-44H,5-13,18-19,24-41H2,1-4H3/b16-14-,17-15-,22-20-,23-21-/t42?,43-,44+. The predicted molar refractivity (Wildman–Crippen MR) is 212 cm³/mol. The van der Waals surface area contributed by atoms with E-state index in [1.807, 2.05) is 0 Å². The van der Waals surface area contributed by atoms with Gasteiger partial charge in [0.1, 0.15) is 0 Å². The van der Waals surface area contributed by atoms with Crippen molar-refractivity contribution in [1.29, 1.82) is 0 Å². The quantitative estimate of drug-likeness (QED) is 0.0526. The summed E-state index contributed by atoms with van der Waals surface area (Å²) in [6.45, 7) is 7.91. The molecule has 3 atom stereocenters. The molecule has 48 heavy (non-hydrogen) atoms. The van der Waals surface area contributed by atoms with Gasteiger partial charge in [0.15, 0.2) is 5.79 Å². The van der Waals surface area contributed by atoms with Crippen molar-refractivity contribution in [2.75, 3.05) is 13.6 Å². The first-order chi connectivity index (χ1) is 23.6. The smallest absolute Gasteiger partial charge is 0.169 e. The van der Waals surface area contributed by atoms with Crippen molar-refractivity contribution in [3.63, 3.8) is 0 Å². The van der Waals surface area contributed by atoms with Gasteiger partial charge in [0, 0.05) is 18.9 Å². The Balaban J connectivity index is 1.58. The second-order valence-corrected chi connectivity index (χ2v) is 15.1. The lowest BCUT2D eigenvalue weighted by Crippen LogP contribution is -2.35. The minimum absolute atomic E-state index is 0.304. The molecule has 0 N–H and O–H groups in total. The van der Waals surface area contributed by atoms with Crippen LogP contribution in [-0.2, 0) is 9.47 Å². The number of hydrogen-bond acceptors (Lipinski definition) is 3. The van der Waals surface area contributed by atoms with Crippen LogP contribution in [0.3, 0.4) is 0 Å². The Morgan fingerprint density at radius 3 is 1.21 bits per heavy atom. The van der Waals surface area contributed by atoms with Gasteiger partial charge in [-0.15, -0.1) is 0 Å². The summed E-state index contributed by atoms with van der Waals surface area (Å²) in [5, 5.41) is 0. The fourth-order valence-corrected chi connectivity index (χ4v) is 7.51. The van der Waals surface area contributed by atoms with Crippen molar-refractivity contribution in [1.82, 2.24) is 4.90 Å². The number of nitrogens with zero attached hydrogens (tertiary/aromatic N) is 1. The molecule has 0 spiro atoms. The third kappa shape index (κ3) is 20.5. The average Bonchev–Trinajstić information content (AvgIpc) is 3.64. The van der Waals surface area contributed by atoms with E-state index in [2.05, 4.69) is 81.3 Å². The third-order valence-electron chi connectivity index (χ3n) is 10.8. The summed E-state index contributed by atoms with van der Waals surface area (Å²) < 4.78 is 13.7. The van der Waals surface area contributed by atoms with Gasteiger partial charge in [0.05, 0.1) is 12.2 Å². The van der Waals surface area contributed by atoms with Crippen LogP contribution in [0.1, 0.15) is 201 Å². The van der Waals surface area contributed by atoms with Gasteiger partial charge >= 0.3 is 0 Å². The van der Waals surface area contributed by atoms with Gasteiger partial charge < -0.3 is 14.4 Å². The molecule has 1 saturated heterocycles. The largest absolute Gasteiger partial charge is 0.344 e. The van der Waals surface area contributed by atoms with Gasteiger partial charge in [0.2, 0.25) is 0 Å². The number of hydrogen-bond donors (Lipinski definition) is 0. The lowest BCUT2D eigenvalue weighted by Gasteiger charge is -2.31. The molecular weight excluding hydrogens is 587 g/mol. The van der Waals surface area contributed by atoms with Gasteiger partial charge in [0.25, 0.3) is 0 Å². The maximum absolute atomic E-state index is 6.87. The summed E-state index contributed by atoms with van der Waals surface area (Å²) >= 11 is 0. The van der Waals surface area contributed by atoms with Crippen LogP contribution >= 0.6 is 0 Å². The van der Waals surface area contributed by atoms with E-state index in [4.69, 9.17) is 9.47 Å². The van der Waals surface area contributed by atoms with Crippen LogP contribution in [-0.4, -0.2) is 42.5 Å². The summed E-state index contributed by atoms with van der Waals surface area (Å²) in [6, 6.07) is 0.617. The molecule has 3 heteroatoms. The number of allylic oxidation sites excluding steroid dienone is 8. The Morgan fingerprint density at radius 2 is 0.833 bits per heavy atom. The molecule has 2 aliphatic rings. The molecular formula is C45H81NO2. The molecule has 0 amide bonds. The molecule has 2 fully saturated rings. The molecule has 1 aliphatic heterocycles. The summed E-state index contributed by atoms with van der Waals surface area (Å²) in [6.07, 6.45) is 55.0. The zero-order valence-corrected chi connectivity index (χ0v) is 32.6. The SMILES string of the molecule is CCCCC/C=C\C/C=C\CCCCCCCCC1(CCCCCCCC/C=C\C/C=C\CCCCC)O[C@H]2CC(N(C)CC)C[C@H]2O1. The monoisotopic (exact) mass is 668 g/mol. The number of fused-ring (bicyclic) bond motifs is 1. The lowest BCUT2D eigenvalue weighted by molar-refractivity contribution is -0.193. The number of ether oxygens (including phenoxy) is 2. The molecule has 0 radical (unpaired) electrons. The highest BCUT2D eigenvalue weighted by atomic mass is 16.8. The van der Waals surface area contributed by atoms with Crippen molar-refractivity contribution < 1.29 is 9.47 Å². The molecule has 2 rings (SSSR count). The Hall–Kier alpha value is -1.16. The molecule has 1 saturated carbocycles.